The first kappa shape index (κ1) is 15.0. The van der Waals surface area contributed by atoms with Crippen LogP contribution >= 0.6 is 0 Å². The van der Waals surface area contributed by atoms with Gasteiger partial charge in [0.1, 0.15) is 5.75 Å². The zero-order valence-corrected chi connectivity index (χ0v) is 12.9. The van der Waals surface area contributed by atoms with Crippen molar-refractivity contribution in [2.24, 2.45) is 0 Å². The Kier molecular flexibility index (Phi) is 4.19. The minimum atomic E-state index is -0.362. The Morgan fingerprint density at radius 3 is 2.43 bits per heavy atom. The van der Waals surface area contributed by atoms with Crippen LogP contribution in [0.4, 0.5) is 0 Å². The second-order valence-electron chi connectivity index (χ2n) is 5.16. The highest BCUT2D eigenvalue weighted by Crippen LogP contribution is 2.23. The Hall–Kier alpha value is -2.95. The first-order valence-corrected chi connectivity index (χ1v) is 7.30. The zero-order valence-electron chi connectivity index (χ0n) is 12.9. The first-order valence-electron chi connectivity index (χ1n) is 7.30. The van der Waals surface area contributed by atoms with Crippen molar-refractivity contribution in [2.75, 3.05) is 0 Å². The van der Waals surface area contributed by atoms with Crippen molar-refractivity contribution in [1.29, 1.82) is 0 Å². The smallest absolute Gasteiger partial charge is 0.258 e. The van der Waals surface area contributed by atoms with Gasteiger partial charge in [-0.05, 0) is 50.2 Å². The molecule has 0 fully saturated rings. The van der Waals surface area contributed by atoms with Crippen molar-refractivity contribution in [1.82, 2.24) is 10.1 Å². The maximum absolute atomic E-state index is 11.3. The van der Waals surface area contributed by atoms with Gasteiger partial charge in [-0.2, -0.15) is 4.98 Å². The zero-order chi connectivity index (χ0) is 16.2. The van der Waals surface area contributed by atoms with Gasteiger partial charge in [-0.25, -0.2) is 0 Å². The molecule has 1 aromatic heterocycles. The average molecular weight is 308 g/mol. The molecule has 0 bridgehead atoms. The highest BCUT2D eigenvalue weighted by Gasteiger charge is 2.16. The van der Waals surface area contributed by atoms with Crippen LogP contribution in [-0.4, -0.2) is 15.9 Å². The largest absolute Gasteiger partial charge is 0.483 e. The van der Waals surface area contributed by atoms with Crippen LogP contribution in [0.2, 0.25) is 0 Å². The highest BCUT2D eigenvalue weighted by atomic mass is 16.5. The molecule has 0 aliphatic heterocycles. The summed E-state index contributed by atoms with van der Waals surface area (Å²) in [5.41, 5.74) is 1.51. The van der Waals surface area contributed by atoms with Gasteiger partial charge in [0, 0.05) is 11.1 Å². The SMILES string of the molecule is CC(=O)c1ccc(OC(C)c2noc(-c3ccccc3)n2)cc1. The fourth-order valence-electron chi connectivity index (χ4n) is 2.12. The van der Waals surface area contributed by atoms with Gasteiger partial charge >= 0.3 is 0 Å². The Morgan fingerprint density at radius 1 is 1.09 bits per heavy atom. The van der Waals surface area contributed by atoms with Crippen molar-refractivity contribution >= 4 is 5.78 Å². The van der Waals surface area contributed by atoms with Crippen LogP contribution in [0.25, 0.3) is 11.5 Å². The van der Waals surface area contributed by atoms with Gasteiger partial charge in [-0.1, -0.05) is 23.4 Å². The Labute approximate surface area is 133 Å². The second kappa shape index (κ2) is 6.44. The van der Waals surface area contributed by atoms with E-state index in [0.29, 0.717) is 23.0 Å². The van der Waals surface area contributed by atoms with Gasteiger partial charge in [0.15, 0.2) is 11.9 Å². The minimum Gasteiger partial charge on any atom is -0.483 e. The summed E-state index contributed by atoms with van der Waals surface area (Å²) in [5, 5.41) is 3.97. The van der Waals surface area contributed by atoms with Crippen molar-refractivity contribution in [2.45, 2.75) is 20.0 Å². The van der Waals surface area contributed by atoms with Gasteiger partial charge in [0.05, 0.1) is 0 Å². The van der Waals surface area contributed by atoms with Gasteiger partial charge in [0.2, 0.25) is 5.82 Å². The van der Waals surface area contributed by atoms with E-state index in [4.69, 9.17) is 9.26 Å². The molecule has 1 unspecified atom stereocenters. The van der Waals surface area contributed by atoms with E-state index in [-0.39, 0.29) is 11.9 Å². The number of hydrogen-bond acceptors (Lipinski definition) is 5. The second-order valence-corrected chi connectivity index (χ2v) is 5.16. The van der Waals surface area contributed by atoms with E-state index in [1.807, 2.05) is 37.3 Å². The molecular weight excluding hydrogens is 292 g/mol. The van der Waals surface area contributed by atoms with E-state index in [1.54, 1.807) is 24.3 Å². The molecule has 3 aromatic rings. The van der Waals surface area contributed by atoms with Crippen LogP contribution in [0.3, 0.4) is 0 Å². The highest BCUT2D eigenvalue weighted by molar-refractivity contribution is 5.94. The molecule has 0 spiro atoms. The minimum absolute atomic E-state index is 0.0234. The summed E-state index contributed by atoms with van der Waals surface area (Å²) in [6, 6.07) is 16.5. The lowest BCUT2D eigenvalue weighted by atomic mass is 10.1. The molecule has 0 saturated carbocycles. The molecule has 5 heteroatoms. The maximum Gasteiger partial charge on any atom is 0.258 e. The Balaban J connectivity index is 1.72. The third-order valence-corrected chi connectivity index (χ3v) is 3.40. The number of benzene rings is 2. The average Bonchev–Trinajstić information content (AvgIpc) is 3.06. The first-order chi connectivity index (χ1) is 11.1. The number of carbonyl (C=O) groups is 1. The summed E-state index contributed by atoms with van der Waals surface area (Å²) in [6.07, 6.45) is -0.362. The van der Waals surface area contributed by atoms with Crippen molar-refractivity contribution in [3.05, 3.63) is 66.0 Å². The number of rotatable bonds is 5. The quantitative estimate of drug-likeness (QED) is 0.664. The lowest BCUT2D eigenvalue weighted by molar-refractivity contribution is 0.101. The summed E-state index contributed by atoms with van der Waals surface area (Å²) < 4.78 is 11.1. The molecule has 23 heavy (non-hydrogen) atoms. The summed E-state index contributed by atoms with van der Waals surface area (Å²) in [4.78, 5) is 15.6. The number of carbonyl (C=O) groups excluding carboxylic acids is 1. The van der Waals surface area contributed by atoms with Crippen LogP contribution in [-0.2, 0) is 0 Å². The van der Waals surface area contributed by atoms with E-state index >= 15 is 0 Å². The van der Waals surface area contributed by atoms with Gasteiger partial charge in [-0.3, -0.25) is 4.79 Å². The monoisotopic (exact) mass is 308 g/mol. The molecule has 1 atom stereocenters. The topological polar surface area (TPSA) is 65.2 Å². The molecule has 2 aromatic carbocycles. The van der Waals surface area contributed by atoms with Crippen LogP contribution in [0, 0.1) is 0 Å². The Bertz CT molecular complexity index is 795. The van der Waals surface area contributed by atoms with Crippen LogP contribution in [0.5, 0.6) is 5.75 Å². The Morgan fingerprint density at radius 2 is 1.78 bits per heavy atom. The summed E-state index contributed by atoms with van der Waals surface area (Å²) in [5.74, 6) is 1.60. The molecule has 0 aliphatic carbocycles. The van der Waals surface area contributed by atoms with Crippen LogP contribution in [0.1, 0.15) is 36.1 Å². The number of aromatic nitrogens is 2. The van der Waals surface area contributed by atoms with Crippen molar-refractivity contribution < 1.29 is 14.1 Å². The molecule has 0 saturated heterocycles. The number of nitrogens with zero attached hydrogens (tertiary/aromatic N) is 2. The number of Topliss-reactive ketones (excluding diaryl/α,β-unsaturated/α-hetero) is 1. The lowest BCUT2D eigenvalue weighted by Crippen LogP contribution is -2.05. The third kappa shape index (κ3) is 3.45. The molecule has 5 nitrogen and oxygen atoms in total. The number of hydrogen-bond donors (Lipinski definition) is 0. The molecular formula is C18H16N2O3. The third-order valence-electron chi connectivity index (χ3n) is 3.40. The molecule has 116 valence electrons. The molecule has 0 aliphatic rings. The van der Waals surface area contributed by atoms with E-state index < -0.39 is 0 Å². The van der Waals surface area contributed by atoms with Crippen LogP contribution < -0.4 is 4.74 Å². The van der Waals surface area contributed by atoms with Gasteiger partial charge in [-0.15, -0.1) is 0 Å². The standard InChI is InChI=1S/C18H16N2O3/c1-12(21)14-8-10-16(11-9-14)22-13(2)17-19-18(23-20-17)15-6-4-3-5-7-15/h3-11,13H,1-2H3. The number of ketones is 1. The summed E-state index contributed by atoms with van der Waals surface area (Å²) in [6.45, 7) is 3.38. The maximum atomic E-state index is 11.3. The predicted octanol–water partition coefficient (Wildman–Crippen LogP) is 4.08. The van der Waals surface area contributed by atoms with Crippen molar-refractivity contribution in [3.63, 3.8) is 0 Å². The molecule has 0 N–H and O–H groups in total. The molecule has 1 heterocycles. The lowest BCUT2D eigenvalue weighted by Gasteiger charge is -2.11. The van der Waals surface area contributed by atoms with Crippen molar-refractivity contribution in [3.8, 4) is 17.2 Å². The number of ether oxygens (including phenoxy) is 1. The molecule has 0 radical (unpaired) electrons. The summed E-state index contributed by atoms with van der Waals surface area (Å²) in [7, 11) is 0. The van der Waals surface area contributed by atoms with E-state index in [9.17, 15) is 4.79 Å². The fraction of sp³-hybridized carbons (Fsp3) is 0.167. The van der Waals surface area contributed by atoms with Gasteiger partial charge < -0.3 is 9.26 Å². The fourth-order valence-corrected chi connectivity index (χ4v) is 2.12. The normalized spacial score (nSPS) is 11.9. The molecule has 0 amide bonds. The van der Waals surface area contributed by atoms with E-state index in [1.165, 1.54) is 6.92 Å². The summed E-state index contributed by atoms with van der Waals surface area (Å²) >= 11 is 0. The predicted molar refractivity (Wildman–Crippen MR) is 85.2 cm³/mol. The van der Waals surface area contributed by atoms with E-state index in [2.05, 4.69) is 10.1 Å². The van der Waals surface area contributed by atoms with Crippen LogP contribution in [0.15, 0.2) is 59.1 Å². The van der Waals surface area contributed by atoms with Gasteiger partial charge in [0.25, 0.3) is 5.89 Å². The van der Waals surface area contributed by atoms with E-state index in [0.717, 1.165) is 5.56 Å². The molecule has 3 rings (SSSR count).